The minimum atomic E-state index is 0.943. The van der Waals surface area contributed by atoms with Crippen molar-refractivity contribution in [3.05, 3.63) is 33.2 Å². The van der Waals surface area contributed by atoms with Crippen molar-refractivity contribution < 1.29 is 0 Å². The van der Waals surface area contributed by atoms with Gasteiger partial charge in [-0.25, -0.2) is 0 Å². The van der Waals surface area contributed by atoms with Crippen LogP contribution < -0.4 is 5.32 Å². The van der Waals surface area contributed by atoms with Gasteiger partial charge in [0.1, 0.15) is 10.0 Å². The number of halogens is 1. The lowest BCUT2D eigenvalue weighted by atomic mass is 10.1. The molecule has 0 fully saturated rings. The molecule has 18 heavy (non-hydrogen) atoms. The maximum Gasteiger partial charge on any atom is 0.148 e. The number of hydrogen-bond acceptors (Lipinski definition) is 4. The van der Waals surface area contributed by atoms with E-state index in [2.05, 4.69) is 57.4 Å². The molecule has 0 saturated heterocycles. The molecule has 0 saturated carbocycles. The standard InChI is InChI=1S/C13H16BrN3S/c1-3-15-7-6-12-16-17-13(18-12)11-8-10(14)5-4-9(11)2/h4-5,8,15H,3,6-7H2,1-2H3. The summed E-state index contributed by atoms with van der Waals surface area (Å²) in [5, 5.41) is 13.9. The van der Waals surface area contributed by atoms with Crippen LogP contribution in [0.1, 0.15) is 17.5 Å². The minimum absolute atomic E-state index is 0.943. The van der Waals surface area contributed by atoms with Crippen LogP contribution in [0, 0.1) is 6.92 Å². The predicted octanol–water partition coefficient (Wildman–Crippen LogP) is 3.43. The zero-order valence-electron chi connectivity index (χ0n) is 10.5. The second-order valence-electron chi connectivity index (χ2n) is 4.06. The van der Waals surface area contributed by atoms with Crippen LogP contribution in [-0.2, 0) is 6.42 Å². The molecule has 1 heterocycles. The van der Waals surface area contributed by atoms with Gasteiger partial charge in [0.2, 0.25) is 0 Å². The third-order valence-electron chi connectivity index (χ3n) is 2.66. The minimum Gasteiger partial charge on any atom is -0.317 e. The van der Waals surface area contributed by atoms with Crippen LogP contribution in [0.3, 0.4) is 0 Å². The van der Waals surface area contributed by atoms with Crippen molar-refractivity contribution in [2.75, 3.05) is 13.1 Å². The Labute approximate surface area is 120 Å². The molecule has 0 amide bonds. The summed E-state index contributed by atoms with van der Waals surface area (Å²) in [6.07, 6.45) is 0.943. The Kier molecular flexibility index (Phi) is 4.86. The number of nitrogens with one attached hydrogen (secondary N) is 1. The number of aromatic nitrogens is 2. The van der Waals surface area contributed by atoms with Gasteiger partial charge in [-0.1, -0.05) is 40.3 Å². The molecule has 5 heteroatoms. The lowest BCUT2D eigenvalue weighted by Crippen LogP contribution is -2.15. The fraction of sp³-hybridized carbons (Fsp3) is 0.385. The van der Waals surface area contributed by atoms with Gasteiger partial charge in [-0.15, -0.1) is 10.2 Å². The fourth-order valence-electron chi connectivity index (χ4n) is 1.66. The predicted molar refractivity (Wildman–Crippen MR) is 80.0 cm³/mol. The van der Waals surface area contributed by atoms with Gasteiger partial charge in [0, 0.05) is 23.0 Å². The third kappa shape index (κ3) is 3.37. The van der Waals surface area contributed by atoms with Gasteiger partial charge < -0.3 is 5.32 Å². The first-order valence-corrected chi connectivity index (χ1v) is 7.61. The molecule has 0 aliphatic heterocycles. The summed E-state index contributed by atoms with van der Waals surface area (Å²) in [5.74, 6) is 0. The summed E-state index contributed by atoms with van der Waals surface area (Å²) >= 11 is 5.17. The molecule has 0 spiro atoms. The highest BCUT2D eigenvalue weighted by atomic mass is 79.9. The monoisotopic (exact) mass is 325 g/mol. The van der Waals surface area contributed by atoms with E-state index < -0.39 is 0 Å². The number of likely N-dealkylation sites (N-methyl/N-ethyl adjacent to an activating group) is 1. The van der Waals surface area contributed by atoms with Crippen molar-refractivity contribution in [2.45, 2.75) is 20.3 Å². The SMILES string of the molecule is CCNCCc1nnc(-c2cc(Br)ccc2C)s1. The molecular formula is C13H16BrN3S. The van der Waals surface area contributed by atoms with E-state index in [4.69, 9.17) is 0 Å². The molecule has 2 aromatic rings. The van der Waals surface area contributed by atoms with Crippen LogP contribution >= 0.6 is 27.3 Å². The lowest BCUT2D eigenvalue weighted by Gasteiger charge is -2.01. The van der Waals surface area contributed by atoms with Crippen LogP contribution in [0.2, 0.25) is 0 Å². The second kappa shape index (κ2) is 6.41. The van der Waals surface area contributed by atoms with Crippen molar-refractivity contribution in [1.29, 1.82) is 0 Å². The summed E-state index contributed by atoms with van der Waals surface area (Å²) in [6.45, 7) is 6.16. The van der Waals surface area contributed by atoms with Gasteiger partial charge in [-0.3, -0.25) is 0 Å². The highest BCUT2D eigenvalue weighted by Gasteiger charge is 2.09. The Bertz CT molecular complexity index is 525. The Hall–Kier alpha value is -0.780. The molecule has 3 nitrogen and oxygen atoms in total. The van der Waals surface area contributed by atoms with Crippen LogP contribution in [0.4, 0.5) is 0 Å². The summed E-state index contributed by atoms with van der Waals surface area (Å²) in [5.41, 5.74) is 2.39. The number of benzene rings is 1. The molecule has 0 unspecified atom stereocenters. The largest absolute Gasteiger partial charge is 0.317 e. The first kappa shape index (κ1) is 13.6. The second-order valence-corrected chi connectivity index (χ2v) is 6.04. The quantitative estimate of drug-likeness (QED) is 0.856. The Morgan fingerprint density at radius 3 is 2.94 bits per heavy atom. The molecule has 0 aliphatic carbocycles. The van der Waals surface area contributed by atoms with Crippen LogP contribution in [0.15, 0.2) is 22.7 Å². The van der Waals surface area contributed by atoms with Gasteiger partial charge in [0.15, 0.2) is 0 Å². The third-order valence-corrected chi connectivity index (χ3v) is 4.17. The average molecular weight is 326 g/mol. The average Bonchev–Trinajstić information content (AvgIpc) is 2.81. The van der Waals surface area contributed by atoms with Gasteiger partial charge in [0.25, 0.3) is 0 Å². The van der Waals surface area contributed by atoms with Gasteiger partial charge in [0.05, 0.1) is 0 Å². The van der Waals surface area contributed by atoms with E-state index in [1.807, 2.05) is 6.07 Å². The van der Waals surface area contributed by atoms with Gasteiger partial charge in [-0.2, -0.15) is 0 Å². The number of hydrogen-bond donors (Lipinski definition) is 1. The topological polar surface area (TPSA) is 37.8 Å². The first-order valence-electron chi connectivity index (χ1n) is 6.00. The van der Waals surface area contributed by atoms with E-state index in [1.165, 1.54) is 5.56 Å². The molecule has 0 atom stereocenters. The van der Waals surface area contributed by atoms with Crippen LogP contribution in [0.25, 0.3) is 10.6 Å². The molecule has 1 N–H and O–H groups in total. The first-order chi connectivity index (χ1) is 8.70. The summed E-state index contributed by atoms with van der Waals surface area (Å²) < 4.78 is 1.08. The van der Waals surface area contributed by atoms with Crippen molar-refractivity contribution in [1.82, 2.24) is 15.5 Å². The Morgan fingerprint density at radius 1 is 1.33 bits per heavy atom. The normalized spacial score (nSPS) is 10.8. The van der Waals surface area contributed by atoms with Gasteiger partial charge >= 0.3 is 0 Å². The van der Waals surface area contributed by atoms with E-state index >= 15 is 0 Å². The Morgan fingerprint density at radius 2 is 2.17 bits per heavy atom. The van der Waals surface area contributed by atoms with E-state index in [-0.39, 0.29) is 0 Å². The molecule has 2 rings (SSSR count). The smallest absolute Gasteiger partial charge is 0.148 e. The van der Waals surface area contributed by atoms with Crippen molar-refractivity contribution in [3.8, 4) is 10.6 Å². The maximum absolute atomic E-state index is 4.29. The zero-order chi connectivity index (χ0) is 13.0. The molecule has 0 bridgehead atoms. The summed E-state index contributed by atoms with van der Waals surface area (Å²) in [6, 6.07) is 6.25. The number of aryl methyl sites for hydroxylation is 1. The molecular weight excluding hydrogens is 310 g/mol. The fourth-order valence-corrected chi connectivity index (χ4v) is 2.94. The maximum atomic E-state index is 4.29. The molecule has 1 aromatic heterocycles. The van der Waals surface area contributed by atoms with E-state index in [0.717, 1.165) is 39.6 Å². The highest BCUT2D eigenvalue weighted by molar-refractivity contribution is 9.10. The van der Waals surface area contributed by atoms with Crippen molar-refractivity contribution >= 4 is 27.3 Å². The van der Waals surface area contributed by atoms with E-state index in [0.29, 0.717) is 0 Å². The van der Waals surface area contributed by atoms with Crippen molar-refractivity contribution in [3.63, 3.8) is 0 Å². The zero-order valence-corrected chi connectivity index (χ0v) is 12.9. The molecule has 0 radical (unpaired) electrons. The molecule has 0 aliphatic rings. The number of nitrogens with zero attached hydrogens (tertiary/aromatic N) is 2. The molecule has 1 aromatic carbocycles. The highest BCUT2D eigenvalue weighted by Crippen LogP contribution is 2.29. The van der Waals surface area contributed by atoms with Crippen molar-refractivity contribution in [2.24, 2.45) is 0 Å². The Balaban J connectivity index is 2.16. The van der Waals surface area contributed by atoms with Crippen LogP contribution in [0.5, 0.6) is 0 Å². The molecule has 96 valence electrons. The van der Waals surface area contributed by atoms with Gasteiger partial charge in [-0.05, 0) is 31.2 Å². The lowest BCUT2D eigenvalue weighted by molar-refractivity contribution is 0.710. The summed E-state index contributed by atoms with van der Waals surface area (Å²) in [4.78, 5) is 0. The summed E-state index contributed by atoms with van der Waals surface area (Å²) in [7, 11) is 0. The van der Waals surface area contributed by atoms with E-state index in [9.17, 15) is 0 Å². The van der Waals surface area contributed by atoms with Crippen LogP contribution in [-0.4, -0.2) is 23.3 Å². The number of rotatable bonds is 5. The van der Waals surface area contributed by atoms with E-state index in [1.54, 1.807) is 11.3 Å².